The van der Waals surface area contributed by atoms with Crippen LogP contribution in [-0.4, -0.2) is 41.8 Å². The molecule has 1 atom stereocenters. The summed E-state index contributed by atoms with van der Waals surface area (Å²) >= 11 is 0. The summed E-state index contributed by atoms with van der Waals surface area (Å²) in [6.07, 6.45) is 0.491. The third-order valence-corrected chi connectivity index (χ3v) is 2.02. The fourth-order valence-corrected chi connectivity index (χ4v) is 1.20. The van der Waals surface area contributed by atoms with Crippen LogP contribution in [0.3, 0.4) is 0 Å². The number of carbonyl (C=O) groups excluding carboxylic acids is 3. The van der Waals surface area contributed by atoms with E-state index in [4.69, 9.17) is 5.73 Å². The summed E-state index contributed by atoms with van der Waals surface area (Å²) < 4.78 is 0. The molecule has 0 saturated carbocycles. The van der Waals surface area contributed by atoms with E-state index < -0.39 is 17.9 Å². The molecule has 3 amide bonds. The van der Waals surface area contributed by atoms with Crippen molar-refractivity contribution in [3.8, 4) is 0 Å². The maximum atomic E-state index is 11.5. The lowest BCUT2D eigenvalue weighted by molar-refractivity contribution is -0.146. The SMILES string of the molecule is CC[C@@H](N)C(=O)N1CC(=O)NC(=O)C1. The zero-order chi connectivity index (χ0) is 10.7. The Morgan fingerprint density at radius 3 is 2.43 bits per heavy atom. The summed E-state index contributed by atoms with van der Waals surface area (Å²) in [5, 5.41) is 2.11. The Hall–Kier alpha value is -1.43. The second-order valence-electron chi connectivity index (χ2n) is 3.18. The Bertz CT molecular complexity index is 261. The second kappa shape index (κ2) is 4.19. The van der Waals surface area contributed by atoms with E-state index in [0.717, 1.165) is 0 Å². The molecule has 0 unspecified atom stereocenters. The van der Waals surface area contributed by atoms with E-state index in [9.17, 15) is 14.4 Å². The van der Waals surface area contributed by atoms with Crippen molar-refractivity contribution in [2.45, 2.75) is 19.4 Å². The van der Waals surface area contributed by atoms with Crippen molar-refractivity contribution < 1.29 is 14.4 Å². The van der Waals surface area contributed by atoms with Gasteiger partial charge in [-0.15, -0.1) is 0 Å². The highest BCUT2D eigenvalue weighted by Gasteiger charge is 2.28. The summed E-state index contributed by atoms with van der Waals surface area (Å²) in [5.41, 5.74) is 5.50. The lowest BCUT2D eigenvalue weighted by Gasteiger charge is -2.27. The van der Waals surface area contributed by atoms with E-state index in [-0.39, 0.29) is 19.0 Å². The predicted octanol–water partition coefficient (Wildman–Crippen LogP) is -1.79. The van der Waals surface area contributed by atoms with Gasteiger partial charge in [-0.25, -0.2) is 0 Å². The fraction of sp³-hybridized carbons (Fsp3) is 0.625. The average molecular weight is 199 g/mol. The van der Waals surface area contributed by atoms with Gasteiger partial charge >= 0.3 is 0 Å². The first-order valence-electron chi connectivity index (χ1n) is 4.41. The molecule has 0 bridgehead atoms. The molecular formula is C8H13N3O3. The minimum atomic E-state index is -0.631. The van der Waals surface area contributed by atoms with E-state index in [1.54, 1.807) is 6.92 Å². The summed E-state index contributed by atoms with van der Waals surface area (Å²) in [6, 6.07) is -0.631. The van der Waals surface area contributed by atoms with Crippen LogP contribution in [0.1, 0.15) is 13.3 Å². The number of carbonyl (C=O) groups is 3. The normalized spacial score (nSPS) is 19.1. The molecule has 14 heavy (non-hydrogen) atoms. The van der Waals surface area contributed by atoms with Crippen molar-refractivity contribution in [1.82, 2.24) is 10.2 Å². The van der Waals surface area contributed by atoms with Crippen LogP contribution >= 0.6 is 0 Å². The molecule has 0 aromatic carbocycles. The third-order valence-electron chi connectivity index (χ3n) is 2.02. The number of hydrogen-bond donors (Lipinski definition) is 2. The van der Waals surface area contributed by atoms with Crippen molar-refractivity contribution in [1.29, 1.82) is 0 Å². The summed E-state index contributed by atoms with van der Waals surface area (Å²) in [6.45, 7) is 1.60. The van der Waals surface area contributed by atoms with Gasteiger partial charge in [-0.05, 0) is 6.42 Å². The van der Waals surface area contributed by atoms with Crippen molar-refractivity contribution >= 4 is 17.7 Å². The third kappa shape index (κ3) is 2.29. The van der Waals surface area contributed by atoms with Crippen LogP contribution in [0.2, 0.25) is 0 Å². The number of piperazine rings is 1. The molecule has 3 N–H and O–H groups in total. The molecule has 0 spiro atoms. The van der Waals surface area contributed by atoms with Gasteiger partial charge in [0.05, 0.1) is 6.04 Å². The number of amides is 3. The first-order valence-corrected chi connectivity index (χ1v) is 4.41. The average Bonchev–Trinajstić information content (AvgIpc) is 2.14. The van der Waals surface area contributed by atoms with Crippen LogP contribution in [-0.2, 0) is 14.4 Å². The molecule has 6 heteroatoms. The van der Waals surface area contributed by atoms with E-state index in [1.165, 1.54) is 4.90 Å². The number of imide groups is 1. The molecule has 1 aliphatic heterocycles. The van der Waals surface area contributed by atoms with Gasteiger partial charge in [0.15, 0.2) is 0 Å². The van der Waals surface area contributed by atoms with Gasteiger partial charge in [0.1, 0.15) is 13.1 Å². The van der Waals surface area contributed by atoms with Crippen LogP contribution in [0.5, 0.6) is 0 Å². The van der Waals surface area contributed by atoms with Gasteiger partial charge in [-0.2, -0.15) is 0 Å². The number of nitrogens with one attached hydrogen (secondary N) is 1. The van der Waals surface area contributed by atoms with Gasteiger partial charge in [-0.1, -0.05) is 6.92 Å². The lowest BCUT2D eigenvalue weighted by Crippen LogP contribution is -2.56. The van der Waals surface area contributed by atoms with Crippen LogP contribution in [0.4, 0.5) is 0 Å². The van der Waals surface area contributed by atoms with Crippen molar-refractivity contribution in [2.24, 2.45) is 5.73 Å². The molecule has 1 aliphatic rings. The van der Waals surface area contributed by atoms with Gasteiger partial charge in [-0.3, -0.25) is 19.7 Å². The fourth-order valence-electron chi connectivity index (χ4n) is 1.20. The zero-order valence-corrected chi connectivity index (χ0v) is 7.95. The maximum Gasteiger partial charge on any atom is 0.246 e. The summed E-state index contributed by atoms with van der Waals surface area (Å²) in [7, 11) is 0. The van der Waals surface area contributed by atoms with Gasteiger partial charge < -0.3 is 10.6 Å². The number of hydrogen-bond acceptors (Lipinski definition) is 4. The monoisotopic (exact) mass is 199 g/mol. The lowest BCUT2D eigenvalue weighted by atomic mass is 10.2. The standard InChI is InChI=1S/C8H13N3O3/c1-2-5(9)8(14)11-3-6(12)10-7(13)4-11/h5H,2-4,9H2,1H3,(H,10,12,13)/t5-/m1/s1. The molecule has 1 fully saturated rings. The highest BCUT2D eigenvalue weighted by Crippen LogP contribution is 2.00. The number of rotatable bonds is 2. The van der Waals surface area contributed by atoms with Crippen molar-refractivity contribution in [3.05, 3.63) is 0 Å². The minimum Gasteiger partial charge on any atom is -0.323 e. The van der Waals surface area contributed by atoms with E-state index in [0.29, 0.717) is 6.42 Å². The Morgan fingerprint density at radius 1 is 1.50 bits per heavy atom. The first kappa shape index (κ1) is 10.6. The van der Waals surface area contributed by atoms with Crippen LogP contribution in [0, 0.1) is 0 Å². The summed E-state index contributed by atoms with van der Waals surface area (Å²) in [4.78, 5) is 34.5. The van der Waals surface area contributed by atoms with E-state index in [1.807, 2.05) is 0 Å². The Morgan fingerprint density at radius 2 is 2.00 bits per heavy atom. The van der Waals surface area contributed by atoms with Crippen molar-refractivity contribution in [3.63, 3.8) is 0 Å². The Kier molecular flexibility index (Phi) is 3.19. The van der Waals surface area contributed by atoms with Crippen molar-refractivity contribution in [2.75, 3.05) is 13.1 Å². The molecule has 0 radical (unpaired) electrons. The molecule has 0 aromatic heterocycles. The first-order chi connectivity index (χ1) is 6.54. The molecular weight excluding hydrogens is 186 g/mol. The Labute approximate surface area is 81.4 Å². The molecule has 0 aromatic rings. The van der Waals surface area contributed by atoms with E-state index >= 15 is 0 Å². The molecule has 1 saturated heterocycles. The van der Waals surface area contributed by atoms with Gasteiger partial charge in [0.25, 0.3) is 0 Å². The maximum absolute atomic E-state index is 11.5. The topological polar surface area (TPSA) is 92.5 Å². The molecule has 1 heterocycles. The van der Waals surface area contributed by atoms with Crippen LogP contribution in [0.25, 0.3) is 0 Å². The molecule has 78 valence electrons. The highest BCUT2D eigenvalue weighted by atomic mass is 16.2. The molecule has 6 nitrogen and oxygen atoms in total. The number of nitrogens with two attached hydrogens (primary N) is 1. The Balaban J connectivity index is 2.63. The molecule has 1 rings (SSSR count). The van der Waals surface area contributed by atoms with E-state index in [2.05, 4.69) is 5.32 Å². The van der Waals surface area contributed by atoms with Gasteiger partial charge in [0, 0.05) is 0 Å². The minimum absolute atomic E-state index is 0.0850. The largest absolute Gasteiger partial charge is 0.323 e. The smallest absolute Gasteiger partial charge is 0.246 e. The second-order valence-corrected chi connectivity index (χ2v) is 3.18. The van der Waals surface area contributed by atoms with Gasteiger partial charge in [0.2, 0.25) is 17.7 Å². The highest BCUT2D eigenvalue weighted by molar-refractivity contribution is 6.03. The molecule has 0 aliphatic carbocycles. The quantitative estimate of drug-likeness (QED) is 0.514. The predicted molar refractivity (Wildman–Crippen MR) is 48.0 cm³/mol. The summed E-state index contributed by atoms with van der Waals surface area (Å²) in [5.74, 6) is -1.27. The zero-order valence-electron chi connectivity index (χ0n) is 7.95. The number of nitrogens with zero attached hydrogens (tertiary/aromatic N) is 1. The van der Waals surface area contributed by atoms with Crippen LogP contribution in [0.15, 0.2) is 0 Å². The van der Waals surface area contributed by atoms with Crippen LogP contribution < -0.4 is 11.1 Å².